The number of rotatable bonds is 4. The molecule has 1 fully saturated rings. The van der Waals surface area contributed by atoms with Gasteiger partial charge in [0, 0.05) is 35.2 Å². The number of likely N-dealkylation sites (tertiary alicyclic amines) is 1. The average Bonchev–Trinajstić information content (AvgIpc) is 2.97. The zero-order valence-electron chi connectivity index (χ0n) is 16.4. The van der Waals surface area contributed by atoms with Crippen LogP contribution in [0.25, 0.3) is 10.9 Å². The van der Waals surface area contributed by atoms with E-state index in [-0.39, 0.29) is 11.8 Å². The monoisotopic (exact) mass is 360 g/mol. The number of nitrogens with zero attached hydrogens (tertiary/aromatic N) is 1. The highest BCUT2D eigenvalue weighted by molar-refractivity contribution is 6.11. The number of carbonyl (C=O) groups is 1. The van der Waals surface area contributed by atoms with Crippen molar-refractivity contribution in [3.8, 4) is 0 Å². The Morgan fingerprint density at radius 1 is 1.00 bits per heavy atom. The van der Waals surface area contributed by atoms with E-state index in [1.807, 2.05) is 43.3 Å². The predicted molar refractivity (Wildman–Crippen MR) is 111 cm³/mol. The second-order valence-corrected chi connectivity index (χ2v) is 8.25. The number of piperidine rings is 1. The average molecular weight is 361 g/mol. The van der Waals surface area contributed by atoms with Crippen LogP contribution in [0.4, 0.5) is 0 Å². The van der Waals surface area contributed by atoms with Gasteiger partial charge < -0.3 is 4.98 Å². The largest absolute Gasteiger partial charge is 0.358 e. The molecule has 1 saturated heterocycles. The maximum absolute atomic E-state index is 13.9. The molecule has 0 aliphatic carbocycles. The number of benzene rings is 2. The summed E-state index contributed by atoms with van der Waals surface area (Å²) < 4.78 is 0. The van der Waals surface area contributed by atoms with E-state index >= 15 is 0 Å². The highest BCUT2D eigenvalue weighted by Gasteiger charge is 2.34. The van der Waals surface area contributed by atoms with Gasteiger partial charge in [0.2, 0.25) is 0 Å². The van der Waals surface area contributed by atoms with Gasteiger partial charge in [0.1, 0.15) is 0 Å². The molecule has 0 spiro atoms. The van der Waals surface area contributed by atoms with E-state index in [9.17, 15) is 4.79 Å². The lowest BCUT2D eigenvalue weighted by Gasteiger charge is -2.39. The van der Waals surface area contributed by atoms with Crippen LogP contribution in [0, 0.1) is 18.8 Å². The first-order valence-corrected chi connectivity index (χ1v) is 9.95. The van der Waals surface area contributed by atoms with Crippen molar-refractivity contribution in [1.29, 1.82) is 0 Å². The SMILES string of the molecule is Cc1[nH]c2ccccc2c1C(=O)[C@H](c1ccccc1)N1C[C@H](C)C[C@H](C)C1. The first kappa shape index (κ1) is 18.0. The minimum atomic E-state index is -0.227. The second kappa shape index (κ2) is 7.32. The molecule has 140 valence electrons. The van der Waals surface area contributed by atoms with Gasteiger partial charge in [0.05, 0.1) is 6.04 Å². The van der Waals surface area contributed by atoms with Crippen molar-refractivity contribution in [2.24, 2.45) is 11.8 Å². The van der Waals surface area contributed by atoms with Crippen LogP contribution in [0.5, 0.6) is 0 Å². The van der Waals surface area contributed by atoms with Gasteiger partial charge in [-0.3, -0.25) is 9.69 Å². The van der Waals surface area contributed by atoms with E-state index < -0.39 is 0 Å². The number of aryl methyl sites for hydroxylation is 1. The Morgan fingerprint density at radius 2 is 1.63 bits per heavy atom. The van der Waals surface area contributed by atoms with Crippen molar-refractivity contribution in [1.82, 2.24) is 9.88 Å². The van der Waals surface area contributed by atoms with Crippen LogP contribution in [-0.2, 0) is 0 Å². The molecule has 0 radical (unpaired) electrons. The van der Waals surface area contributed by atoms with Gasteiger partial charge in [-0.25, -0.2) is 0 Å². The van der Waals surface area contributed by atoms with E-state index in [4.69, 9.17) is 0 Å². The fraction of sp³-hybridized carbons (Fsp3) is 0.375. The number of hydrogen-bond donors (Lipinski definition) is 1. The van der Waals surface area contributed by atoms with Crippen LogP contribution < -0.4 is 0 Å². The van der Waals surface area contributed by atoms with Crippen LogP contribution in [0.15, 0.2) is 54.6 Å². The van der Waals surface area contributed by atoms with Crippen LogP contribution >= 0.6 is 0 Å². The Hall–Kier alpha value is -2.39. The number of aromatic nitrogens is 1. The molecule has 3 heteroatoms. The molecule has 2 aromatic carbocycles. The Bertz CT molecular complexity index is 933. The summed E-state index contributed by atoms with van der Waals surface area (Å²) in [5, 5.41) is 1.03. The zero-order chi connectivity index (χ0) is 19.0. The molecule has 3 atom stereocenters. The van der Waals surface area contributed by atoms with E-state index in [0.717, 1.165) is 40.8 Å². The van der Waals surface area contributed by atoms with E-state index in [0.29, 0.717) is 11.8 Å². The summed E-state index contributed by atoms with van der Waals surface area (Å²) in [5.74, 6) is 1.42. The van der Waals surface area contributed by atoms with E-state index in [1.165, 1.54) is 6.42 Å². The molecule has 0 unspecified atom stereocenters. The first-order chi connectivity index (χ1) is 13.0. The maximum atomic E-state index is 13.9. The summed E-state index contributed by atoms with van der Waals surface area (Å²) in [6.07, 6.45) is 1.23. The number of Topliss-reactive ketones (excluding diaryl/α,β-unsaturated/α-hetero) is 1. The van der Waals surface area contributed by atoms with E-state index in [1.54, 1.807) is 0 Å². The minimum Gasteiger partial charge on any atom is -0.358 e. The van der Waals surface area contributed by atoms with Crippen molar-refractivity contribution >= 4 is 16.7 Å². The molecular formula is C24H28N2O. The molecule has 1 aliphatic heterocycles. The molecule has 1 aliphatic rings. The summed E-state index contributed by atoms with van der Waals surface area (Å²) in [5.41, 5.74) is 3.92. The molecule has 2 heterocycles. The van der Waals surface area contributed by atoms with Gasteiger partial charge in [-0.1, -0.05) is 62.4 Å². The summed E-state index contributed by atoms with van der Waals surface area (Å²) in [4.78, 5) is 19.7. The molecular weight excluding hydrogens is 332 g/mol. The zero-order valence-corrected chi connectivity index (χ0v) is 16.4. The van der Waals surface area contributed by atoms with Gasteiger partial charge in [0.15, 0.2) is 5.78 Å². The molecule has 27 heavy (non-hydrogen) atoms. The number of ketones is 1. The van der Waals surface area contributed by atoms with Gasteiger partial charge in [-0.15, -0.1) is 0 Å². The Balaban J connectivity index is 1.80. The summed E-state index contributed by atoms with van der Waals surface area (Å²) in [6, 6.07) is 18.2. The third kappa shape index (κ3) is 3.44. The third-order valence-corrected chi connectivity index (χ3v) is 5.77. The number of fused-ring (bicyclic) bond motifs is 1. The van der Waals surface area contributed by atoms with Crippen molar-refractivity contribution < 1.29 is 4.79 Å². The lowest BCUT2D eigenvalue weighted by atomic mass is 9.87. The fourth-order valence-corrected chi connectivity index (χ4v) is 4.82. The Morgan fingerprint density at radius 3 is 2.33 bits per heavy atom. The molecule has 4 rings (SSSR count). The maximum Gasteiger partial charge on any atom is 0.186 e. The quantitative estimate of drug-likeness (QED) is 0.634. The van der Waals surface area contributed by atoms with E-state index in [2.05, 4.69) is 41.9 Å². The van der Waals surface area contributed by atoms with Crippen LogP contribution in [0.1, 0.15) is 47.9 Å². The lowest BCUT2D eigenvalue weighted by molar-refractivity contribution is 0.0648. The molecule has 0 bridgehead atoms. The first-order valence-electron chi connectivity index (χ1n) is 9.95. The van der Waals surface area contributed by atoms with Crippen molar-refractivity contribution in [3.05, 3.63) is 71.4 Å². The highest BCUT2D eigenvalue weighted by Crippen LogP contribution is 2.34. The van der Waals surface area contributed by atoms with Crippen molar-refractivity contribution in [3.63, 3.8) is 0 Å². The Kier molecular flexibility index (Phi) is 4.88. The summed E-state index contributed by atoms with van der Waals surface area (Å²) in [7, 11) is 0. The normalized spacial score (nSPS) is 22.0. The molecule has 0 amide bonds. The minimum absolute atomic E-state index is 0.206. The van der Waals surface area contributed by atoms with Crippen LogP contribution in [-0.4, -0.2) is 28.8 Å². The molecule has 1 N–H and O–H groups in total. The van der Waals surface area contributed by atoms with Gasteiger partial charge in [-0.2, -0.15) is 0 Å². The summed E-state index contributed by atoms with van der Waals surface area (Å²) in [6.45, 7) is 8.54. The smallest absolute Gasteiger partial charge is 0.186 e. The number of nitrogens with one attached hydrogen (secondary N) is 1. The Labute approximate surface area is 161 Å². The van der Waals surface area contributed by atoms with Crippen LogP contribution in [0.3, 0.4) is 0 Å². The topological polar surface area (TPSA) is 36.1 Å². The van der Waals surface area contributed by atoms with Crippen molar-refractivity contribution in [2.75, 3.05) is 13.1 Å². The van der Waals surface area contributed by atoms with Gasteiger partial charge >= 0.3 is 0 Å². The summed E-state index contributed by atoms with van der Waals surface area (Å²) >= 11 is 0. The predicted octanol–water partition coefficient (Wildman–Crippen LogP) is 5.38. The third-order valence-electron chi connectivity index (χ3n) is 5.77. The number of aromatic amines is 1. The van der Waals surface area contributed by atoms with Crippen molar-refractivity contribution in [2.45, 2.75) is 33.2 Å². The number of hydrogen-bond acceptors (Lipinski definition) is 2. The second-order valence-electron chi connectivity index (χ2n) is 8.25. The number of H-pyrrole nitrogens is 1. The van der Waals surface area contributed by atoms with Crippen LogP contribution in [0.2, 0.25) is 0 Å². The fourth-order valence-electron chi connectivity index (χ4n) is 4.82. The van der Waals surface area contributed by atoms with Gasteiger partial charge in [-0.05, 0) is 36.8 Å². The lowest BCUT2D eigenvalue weighted by Crippen LogP contribution is -2.43. The molecule has 0 saturated carbocycles. The molecule has 3 nitrogen and oxygen atoms in total. The standard InChI is InChI=1S/C24H28N2O/c1-16-13-17(2)15-26(14-16)23(19-9-5-4-6-10-19)24(27)22-18(3)25-21-12-8-7-11-20(21)22/h4-12,16-17,23,25H,13-15H2,1-3H3/t16-,17+,23-/m0/s1. The highest BCUT2D eigenvalue weighted by atomic mass is 16.1. The number of para-hydroxylation sites is 1. The number of carbonyl (C=O) groups excluding carboxylic acids is 1. The molecule has 1 aromatic heterocycles. The van der Waals surface area contributed by atoms with Gasteiger partial charge in [0.25, 0.3) is 0 Å². The molecule has 3 aromatic rings.